The van der Waals surface area contributed by atoms with Crippen molar-refractivity contribution in [2.24, 2.45) is 0 Å². The molecule has 0 fully saturated rings. The fraction of sp³-hybridized carbons (Fsp3) is 0.200. The van der Waals surface area contributed by atoms with Gasteiger partial charge >= 0.3 is 0 Å². The zero-order valence-corrected chi connectivity index (χ0v) is 8.53. The van der Waals surface area contributed by atoms with Crippen molar-refractivity contribution in [3.05, 3.63) is 35.3 Å². The van der Waals surface area contributed by atoms with Gasteiger partial charge in [0.25, 0.3) is 0 Å². The number of rotatable bonds is 1. The molecule has 0 aliphatic rings. The predicted octanol–water partition coefficient (Wildman–Crippen LogP) is 1.61. The molecule has 2 N–H and O–H groups in total. The van der Waals surface area contributed by atoms with Gasteiger partial charge in [-0.25, -0.2) is 9.07 Å². The molecule has 4 nitrogen and oxygen atoms in total. The number of halogens is 1. The average Bonchev–Trinajstić information content (AvgIpc) is 2.49. The third kappa shape index (κ3) is 1.45. The van der Waals surface area contributed by atoms with E-state index in [9.17, 15) is 4.39 Å². The van der Waals surface area contributed by atoms with E-state index in [1.165, 1.54) is 10.7 Å². The van der Waals surface area contributed by atoms with Crippen molar-refractivity contribution in [3.63, 3.8) is 0 Å². The average molecular weight is 206 g/mol. The molecule has 78 valence electrons. The van der Waals surface area contributed by atoms with Crippen LogP contribution in [0.3, 0.4) is 0 Å². The van der Waals surface area contributed by atoms with E-state index in [1.807, 2.05) is 13.0 Å². The van der Waals surface area contributed by atoms with E-state index < -0.39 is 0 Å². The van der Waals surface area contributed by atoms with Crippen LogP contribution < -0.4 is 5.73 Å². The van der Waals surface area contributed by atoms with Crippen molar-refractivity contribution < 1.29 is 4.39 Å². The molecular weight excluding hydrogens is 195 g/mol. The molecule has 1 heterocycles. The van der Waals surface area contributed by atoms with Crippen LogP contribution in [0.1, 0.15) is 11.3 Å². The molecule has 0 saturated heterocycles. The standard InChI is InChI=1S/C10H11FN4/c1-6-4-3-5-8(11)9(6)15-7(2)10(12)13-14-15/h3-5H,12H2,1-2H3. The number of nitrogens with zero attached hydrogens (tertiary/aromatic N) is 3. The maximum Gasteiger partial charge on any atom is 0.169 e. The van der Waals surface area contributed by atoms with Gasteiger partial charge < -0.3 is 5.73 Å². The normalized spacial score (nSPS) is 10.6. The lowest BCUT2D eigenvalue weighted by molar-refractivity contribution is 0.602. The highest BCUT2D eigenvalue weighted by atomic mass is 19.1. The Balaban J connectivity index is 2.69. The summed E-state index contributed by atoms with van der Waals surface area (Å²) in [5, 5.41) is 7.51. The van der Waals surface area contributed by atoms with Gasteiger partial charge in [-0.05, 0) is 25.5 Å². The molecule has 0 amide bonds. The summed E-state index contributed by atoms with van der Waals surface area (Å²) in [4.78, 5) is 0. The Hall–Kier alpha value is -1.91. The third-order valence-corrected chi connectivity index (χ3v) is 2.33. The second kappa shape index (κ2) is 3.34. The van der Waals surface area contributed by atoms with Gasteiger partial charge in [0.15, 0.2) is 5.82 Å². The Labute approximate surface area is 86.5 Å². The van der Waals surface area contributed by atoms with Crippen LogP contribution in [0.5, 0.6) is 0 Å². The van der Waals surface area contributed by atoms with Gasteiger partial charge in [-0.3, -0.25) is 0 Å². The number of aryl methyl sites for hydroxylation is 1. The lowest BCUT2D eigenvalue weighted by Crippen LogP contribution is -2.04. The van der Waals surface area contributed by atoms with Crippen LogP contribution >= 0.6 is 0 Å². The summed E-state index contributed by atoms with van der Waals surface area (Å²) >= 11 is 0. The summed E-state index contributed by atoms with van der Waals surface area (Å²) < 4.78 is 15.0. The number of anilines is 1. The van der Waals surface area contributed by atoms with Gasteiger partial charge in [0.2, 0.25) is 0 Å². The maximum atomic E-state index is 13.6. The van der Waals surface area contributed by atoms with E-state index in [2.05, 4.69) is 10.3 Å². The summed E-state index contributed by atoms with van der Waals surface area (Å²) in [6, 6.07) is 4.86. The fourth-order valence-electron chi connectivity index (χ4n) is 1.44. The summed E-state index contributed by atoms with van der Waals surface area (Å²) in [5.74, 6) is -0.0133. The van der Waals surface area contributed by atoms with Crippen LogP contribution in [-0.2, 0) is 0 Å². The second-order valence-corrected chi connectivity index (χ2v) is 3.38. The molecule has 15 heavy (non-hydrogen) atoms. The quantitative estimate of drug-likeness (QED) is 0.771. The fourth-order valence-corrected chi connectivity index (χ4v) is 1.44. The van der Waals surface area contributed by atoms with Crippen molar-refractivity contribution in [2.45, 2.75) is 13.8 Å². The molecule has 0 radical (unpaired) electrons. The van der Waals surface area contributed by atoms with Gasteiger partial charge in [-0.2, -0.15) is 0 Å². The van der Waals surface area contributed by atoms with Crippen molar-refractivity contribution >= 4 is 5.82 Å². The zero-order valence-electron chi connectivity index (χ0n) is 8.53. The van der Waals surface area contributed by atoms with E-state index >= 15 is 0 Å². The van der Waals surface area contributed by atoms with E-state index in [4.69, 9.17) is 5.73 Å². The van der Waals surface area contributed by atoms with Crippen molar-refractivity contribution in [1.29, 1.82) is 0 Å². The van der Waals surface area contributed by atoms with E-state index in [-0.39, 0.29) is 5.82 Å². The highest BCUT2D eigenvalue weighted by Gasteiger charge is 2.13. The number of hydrogen-bond donors (Lipinski definition) is 1. The Morgan fingerprint density at radius 2 is 2.07 bits per heavy atom. The van der Waals surface area contributed by atoms with Crippen molar-refractivity contribution in [2.75, 3.05) is 5.73 Å². The van der Waals surface area contributed by atoms with E-state index in [0.29, 0.717) is 17.2 Å². The monoisotopic (exact) mass is 206 g/mol. The Morgan fingerprint density at radius 1 is 1.33 bits per heavy atom. The van der Waals surface area contributed by atoms with Crippen molar-refractivity contribution in [1.82, 2.24) is 15.0 Å². The molecule has 5 heteroatoms. The molecule has 0 atom stereocenters. The minimum Gasteiger partial charge on any atom is -0.381 e. The molecule has 0 bridgehead atoms. The highest BCUT2D eigenvalue weighted by Crippen LogP contribution is 2.20. The van der Waals surface area contributed by atoms with Crippen LogP contribution in [0, 0.1) is 19.7 Å². The smallest absolute Gasteiger partial charge is 0.169 e. The molecule has 0 aliphatic carbocycles. The van der Waals surface area contributed by atoms with Crippen LogP contribution in [0.4, 0.5) is 10.2 Å². The van der Waals surface area contributed by atoms with Crippen LogP contribution in [-0.4, -0.2) is 15.0 Å². The van der Waals surface area contributed by atoms with Gasteiger partial charge in [0.05, 0.1) is 5.69 Å². The second-order valence-electron chi connectivity index (χ2n) is 3.38. The number of nitrogens with two attached hydrogens (primary N) is 1. The number of para-hydroxylation sites is 1. The maximum absolute atomic E-state index is 13.6. The molecule has 1 aromatic carbocycles. The number of hydrogen-bond acceptors (Lipinski definition) is 3. The summed E-state index contributed by atoms with van der Waals surface area (Å²) in [7, 11) is 0. The number of benzene rings is 1. The zero-order chi connectivity index (χ0) is 11.0. The first kappa shape index (κ1) is 9.64. The SMILES string of the molecule is Cc1cccc(F)c1-n1nnc(N)c1C. The van der Waals surface area contributed by atoms with E-state index in [1.54, 1.807) is 13.0 Å². The van der Waals surface area contributed by atoms with Gasteiger partial charge in [-0.15, -0.1) is 5.10 Å². The summed E-state index contributed by atoms with van der Waals surface area (Å²) in [6.07, 6.45) is 0. The van der Waals surface area contributed by atoms with Gasteiger partial charge in [0, 0.05) is 0 Å². The first-order valence-electron chi connectivity index (χ1n) is 4.54. The predicted molar refractivity (Wildman–Crippen MR) is 55.2 cm³/mol. The molecular formula is C10H11FN4. The largest absolute Gasteiger partial charge is 0.381 e. The third-order valence-electron chi connectivity index (χ3n) is 2.33. The number of nitrogen functional groups attached to an aromatic ring is 1. The summed E-state index contributed by atoms with van der Waals surface area (Å²) in [6.45, 7) is 3.57. The Kier molecular flexibility index (Phi) is 2.15. The molecule has 2 rings (SSSR count). The Morgan fingerprint density at radius 3 is 2.60 bits per heavy atom. The van der Waals surface area contributed by atoms with Crippen LogP contribution in [0.15, 0.2) is 18.2 Å². The number of aromatic nitrogens is 3. The van der Waals surface area contributed by atoms with Gasteiger partial charge in [-0.1, -0.05) is 17.3 Å². The van der Waals surface area contributed by atoms with Crippen LogP contribution in [0.2, 0.25) is 0 Å². The molecule has 2 aromatic rings. The minimum absolute atomic E-state index is 0.317. The molecule has 0 unspecified atom stereocenters. The first-order valence-corrected chi connectivity index (χ1v) is 4.54. The highest BCUT2D eigenvalue weighted by molar-refractivity contribution is 5.45. The lowest BCUT2D eigenvalue weighted by Gasteiger charge is -2.07. The summed E-state index contributed by atoms with van der Waals surface area (Å²) in [5.41, 5.74) is 7.40. The van der Waals surface area contributed by atoms with Gasteiger partial charge in [0.1, 0.15) is 11.5 Å². The van der Waals surface area contributed by atoms with E-state index in [0.717, 1.165) is 5.56 Å². The molecule has 1 aromatic heterocycles. The van der Waals surface area contributed by atoms with Crippen LogP contribution in [0.25, 0.3) is 5.69 Å². The Bertz CT molecular complexity index is 484. The lowest BCUT2D eigenvalue weighted by atomic mass is 10.2. The topological polar surface area (TPSA) is 56.7 Å². The molecule has 0 saturated carbocycles. The first-order chi connectivity index (χ1) is 7.11. The molecule has 0 spiro atoms. The molecule has 0 aliphatic heterocycles. The van der Waals surface area contributed by atoms with Crippen molar-refractivity contribution in [3.8, 4) is 5.69 Å². The minimum atomic E-state index is -0.331.